The number of hydrogen-bond acceptors (Lipinski definition) is 4. The number of rotatable bonds is 4. The summed E-state index contributed by atoms with van der Waals surface area (Å²) in [5.74, 6) is 0. The Morgan fingerprint density at radius 1 is 0.342 bits per heavy atom. The van der Waals surface area contributed by atoms with E-state index in [0.29, 0.717) is 0 Å². The van der Waals surface area contributed by atoms with Gasteiger partial charge >= 0.3 is 0 Å². The van der Waals surface area contributed by atoms with Crippen LogP contribution in [0.3, 0.4) is 0 Å². The van der Waals surface area contributed by atoms with Crippen molar-refractivity contribution in [3.63, 3.8) is 0 Å². The van der Waals surface area contributed by atoms with Crippen molar-refractivity contribution in [2.45, 2.75) is 0 Å². The van der Waals surface area contributed by atoms with Gasteiger partial charge in [-0.15, -0.1) is 0 Å². The van der Waals surface area contributed by atoms with Gasteiger partial charge in [-0.25, -0.2) is 15.0 Å². The van der Waals surface area contributed by atoms with Crippen molar-refractivity contribution < 1.29 is 0 Å². The fraction of sp³-hybridized carbons (Fsp3) is 0. The minimum absolute atomic E-state index is 0.733. The molecule has 0 amide bonds. The summed E-state index contributed by atoms with van der Waals surface area (Å²) < 4.78 is 0. The Labute approximate surface area is 220 Å². The average Bonchev–Trinajstić information content (AvgIpc) is 3.01. The van der Waals surface area contributed by atoms with Gasteiger partial charge in [-0.05, 0) is 29.3 Å². The predicted molar refractivity (Wildman–Crippen MR) is 154 cm³/mol. The van der Waals surface area contributed by atoms with Gasteiger partial charge in [-0.2, -0.15) is 0 Å². The first-order chi connectivity index (χ1) is 18.8. The average molecular weight is 487 g/mol. The lowest BCUT2D eigenvalue weighted by molar-refractivity contribution is 1.19. The highest BCUT2D eigenvalue weighted by atomic mass is 14.8. The Balaban J connectivity index is 1.34. The lowest BCUT2D eigenvalue weighted by Gasteiger charge is -2.09. The lowest BCUT2D eigenvalue weighted by atomic mass is 10.0. The number of hydrogen-bond donors (Lipinski definition) is 0. The van der Waals surface area contributed by atoms with Crippen LogP contribution in [0.25, 0.3) is 66.8 Å². The molecule has 0 saturated carbocycles. The van der Waals surface area contributed by atoms with Crippen LogP contribution >= 0.6 is 0 Å². The zero-order valence-corrected chi connectivity index (χ0v) is 20.5. The molecule has 0 spiro atoms. The molecule has 7 aromatic rings. The minimum Gasteiger partial charge on any atom is -0.260 e. The first-order valence-corrected chi connectivity index (χ1v) is 12.6. The molecule has 0 aliphatic carbocycles. The van der Waals surface area contributed by atoms with Crippen LogP contribution in [0, 0.1) is 0 Å². The summed E-state index contributed by atoms with van der Waals surface area (Å²) in [6, 6.07) is 41.5. The molecule has 0 aliphatic heterocycles. The summed E-state index contributed by atoms with van der Waals surface area (Å²) in [6.45, 7) is 0. The second-order valence-electron chi connectivity index (χ2n) is 9.20. The van der Waals surface area contributed by atoms with Gasteiger partial charge in [0.25, 0.3) is 0 Å². The van der Waals surface area contributed by atoms with E-state index in [0.717, 1.165) is 55.7 Å². The number of nitrogens with zero attached hydrogens (tertiary/aromatic N) is 4. The molecular weight excluding hydrogens is 464 g/mol. The molecule has 0 radical (unpaired) electrons. The van der Waals surface area contributed by atoms with Crippen molar-refractivity contribution >= 4 is 21.8 Å². The highest BCUT2D eigenvalue weighted by Crippen LogP contribution is 2.30. The Morgan fingerprint density at radius 3 is 1.63 bits per heavy atom. The molecule has 0 aliphatic rings. The van der Waals surface area contributed by atoms with Crippen molar-refractivity contribution in [3.8, 4) is 45.0 Å². The van der Waals surface area contributed by atoms with Gasteiger partial charge in [0.05, 0.1) is 40.5 Å². The van der Waals surface area contributed by atoms with Crippen LogP contribution in [0.2, 0.25) is 0 Å². The molecule has 4 aromatic carbocycles. The molecule has 4 nitrogen and oxygen atoms in total. The Kier molecular flexibility index (Phi) is 5.41. The fourth-order valence-electron chi connectivity index (χ4n) is 4.80. The quantitative estimate of drug-likeness (QED) is 0.235. The van der Waals surface area contributed by atoms with Gasteiger partial charge in [-0.3, -0.25) is 4.98 Å². The van der Waals surface area contributed by atoms with Crippen LogP contribution < -0.4 is 0 Å². The van der Waals surface area contributed by atoms with Crippen LogP contribution in [-0.4, -0.2) is 19.9 Å². The Hall–Kier alpha value is -5.22. The summed E-state index contributed by atoms with van der Waals surface area (Å²) in [5.41, 5.74) is 9.42. The lowest BCUT2D eigenvalue weighted by Crippen LogP contribution is -1.94. The molecule has 3 aromatic heterocycles. The van der Waals surface area contributed by atoms with Crippen LogP contribution in [0.4, 0.5) is 0 Å². The van der Waals surface area contributed by atoms with Crippen molar-refractivity contribution in [1.82, 2.24) is 19.9 Å². The topological polar surface area (TPSA) is 51.6 Å². The summed E-state index contributed by atoms with van der Waals surface area (Å²) >= 11 is 0. The number of aromatic nitrogens is 4. The van der Waals surface area contributed by atoms with E-state index in [2.05, 4.69) is 83.8 Å². The zero-order valence-electron chi connectivity index (χ0n) is 20.5. The highest BCUT2D eigenvalue weighted by molar-refractivity contribution is 6.04. The van der Waals surface area contributed by atoms with Gasteiger partial charge in [0, 0.05) is 21.9 Å². The minimum atomic E-state index is 0.733. The van der Waals surface area contributed by atoms with E-state index in [4.69, 9.17) is 15.0 Å². The van der Waals surface area contributed by atoms with E-state index in [1.165, 1.54) is 11.1 Å². The Bertz CT molecular complexity index is 1770. The van der Waals surface area contributed by atoms with Gasteiger partial charge < -0.3 is 0 Å². The van der Waals surface area contributed by atoms with Gasteiger partial charge in [0.15, 0.2) is 0 Å². The smallest absolute Gasteiger partial charge is 0.108 e. The molecule has 0 N–H and O–H groups in total. The second kappa shape index (κ2) is 9.34. The molecule has 0 fully saturated rings. The first-order valence-electron chi connectivity index (χ1n) is 12.6. The van der Waals surface area contributed by atoms with Gasteiger partial charge in [-0.1, -0.05) is 103 Å². The summed E-state index contributed by atoms with van der Waals surface area (Å²) in [5, 5.41) is 2.09. The SMILES string of the molecule is c1ccc(-c2cccc(-c3ccc4ccc5ccc(-c6cncc(-c7ccccc7)n6)nc5c4n3)c2)cc1. The van der Waals surface area contributed by atoms with Crippen molar-refractivity contribution in [3.05, 3.63) is 134 Å². The van der Waals surface area contributed by atoms with E-state index in [-0.39, 0.29) is 0 Å². The van der Waals surface area contributed by atoms with Crippen LogP contribution in [-0.2, 0) is 0 Å². The van der Waals surface area contributed by atoms with E-state index in [1.807, 2.05) is 42.5 Å². The second-order valence-corrected chi connectivity index (χ2v) is 9.20. The normalized spacial score (nSPS) is 11.2. The molecule has 3 heterocycles. The fourth-order valence-corrected chi connectivity index (χ4v) is 4.80. The first kappa shape index (κ1) is 22.0. The number of benzene rings is 4. The molecule has 0 bridgehead atoms. The van der Waals surface area contributed by atoms with Crippen LogP contribution in [0.5, 0.6) is 0 Å². The molecular formula is C34H22N4. The highest BCUT2D eigenvalue weighted by Gasteiger charge is 2.11. The van der Waals surface area contributed by atoms with Crippen LogP contribution in [0.1, 0.15) is 0 Å². The van der Waals surface area contributed by atoms with Gasteiger partial charge in [0.2, 0.25) is 0 Å². The maximum Gasteiger partial charge on any atom is 0.108 e. The molecule has 0 atom stereocenters. The predicted octanol–water partition coefficient (Wildman–Crippen LogP) is 8.24. The maximum absolute atomic E-state index is 5.11. The zero-order chi connectivity index (χ0) is 25.3. The monoisotopic (exact) mass is 486 g/mol. The number of pyridine rings is 2. The number of fused-ring (bicyclic) bond motifs is 3. The molecule has 0 saturated heterocycles. The Morgan fingerprint density at radius 2 is 0.895 bits per heavy atom. The molecule has 4 heteroatoms. The third-order valence-corrected chi connectivity index (χ3v) is 6.75. The molecule has 7 rings (SSSR count). The van der Waals surface area contributed by atoms with Crippen molar-refractivity contribution in [2.75, 3.05) is 0 Å². The summed E-state index contributed by atoms with van der Waals surface area (Å²) in [6.07, 6.45) is 3.55. The van der Waals surface area contributed by atoms with Gasteiger partial charge in [0.1, 0.15) is 5.69 Å². The van der Waals surface area contributed by atoms with E-state index < -0.39 is 0 Å². The largest absolute Gasteiger partial charge is 0.260 e. The molecule has 38 heavy (non-hydrogen) atoms. The van der Waals surface area contributed by atoms with Crippen molar-refractivity contribution in [1.29, 1.82) is 0 Å². The third kappa shape index (κ3) is 4.08. The van der Waals surface area contributed by atoms with E-state index in [9.17, 15) is 0 Å². The van der Waals surface area contributed by atoms with Crippen LogP contribution in [0.15, 0.2) is 134 Å². The maximum atomic E-state index is 5.11. The molecule has 0 unspecified atom stereocenters. The summed E-state index contributed by atoms with van der Waals surface area (Å²) in [4.78, 5) is 19.5. The van der Waals surface area contributed by atoms with Crippen molar-refractivity contribution in [2.24, 2.45) is 0 Å². The third-order valence-electron chi connectivity index (χ3n) is 6.75. The summed E-state index contributed by atoms with van der Waals surface area (Å²) in [7, 11) is 0. The van der Waals surface area contributed by atoms with E-state index >= 15 is 0 Å². The van der Waals surface area contributed by atoms with E-state index in [1.54, 1.807) is 12.4 Å². The molecule has 178 valence electrons. The standard InChI is InChI=1S/C34H22N4/c1-3-8-23(9-4-1)27-12-7-13-28(20-27)29-18-16-25-14-15-26-17-19-30(38-34(26)33(25)37-29)32-22-35-21-31(36-32)24-10-5-2-6-11-24/h1-22H.